The zero-order chi connectivity index (χ0) is 6.27. The molecule has 0 N–H and O–H groups in total. The van der Waals surface area contributed by atoms with Gasteiger partial charge in [-0.05, 0) is 24.7 Å². The van der Waals surface area contributed by atoms with Gasteiger partial charge in [-0.2, -0.15) is 0 Å². The highest BCUT2D eigenvalue weighted by atomic mass is 14.3. The fourth-order valence-electron chi connectivity index (χ4n) is 1.80. The van der Waals surface area contributed by atoms with E-state index in [2.05, 4.69) is 25.2 Å². The predicted molar refractivity (Wildman–Crippen MR) is 39.1 cm³/mol. The molecular weight excluding hydrogens is 108 g/mol. The van der Waals surface area contributed by atoms with Gasteiger partial charge in [0.2, 0.25) is 0 Å². The van der Waals surface area contributed by atoms with Gasteiger partial charge in [-0.25, -0.2) is 0 Å². The first-order valence-corrected chi connectivity index (χ1v) is 3.75. The maximum Gasteiger partial charge on any atom is -0.0167 e. The summed E-state index contributed by atoms with van der Waals surface area (Å²) in [6.45, 7) is 2.31. The molecular formula is C9H12. The first-order valence-electron chi connectivity index (χ1n) is 3.75. The standard InChI is InChI=1S/C9H12/c1-7-6-8-2-4-9(7)5-3-8/h2,4,6-7,9H,3,5H2,1H3/t7-,9?/m0/s1. The molecule has 0 saturated carbocycles. The van der Waals surface area contributed by atoms with Crippen molar-refractivity contribution in [2.75, 3.05) is 0 Å². The van der Waals surface area contributed by atoms with Gasteiger partial charge in [0.25, 0.3) is 0 Å². The summed E-state index contributed by atoms with van der Waals surface area (Å²) in [5.74, 6) is 1.68. The first kappa shape index (κ1) is 5.28. The van der Waals surface area contributed by atoms with Crippen molar-refractivity contribution in [1.29, 1.82) is 0 Å². The Morgan fingerprint density at radius 1 is 1.56 bits per heavy atom. The maximum atomic E-state index is 2.41. The lowest BCUT2D eigenvalue weighted by Crippen LogP contribution is -2.16. The highest BCUT2D eigenvalue weighted by Crippen LogP contribution is 2.34. The summed E-state index contributed by atoms with van der Waals surface area (Å²) in [6.07, 6.45) is 9.78. The molecule has 2 bridgehead atoms. The third-order valence-electron chi connectivity index (χ3n) is 2.48. The zero-order valence-corrected chi connectivity index (χ0v) is 5.80. The molecule has 0 saturated heterocycles. The van der Waals surface area contributed by atoms with E-state index < -0.39 is 0 Å². The van der Waals surface area contributed by atoms with Crippen LogP contribution in [0.3, 0.4) is 0 Å². The monoisotopic (exact) mass is 120 g/mol. The smallest absolute Gasteiger partial charge is 0.0167 e. The van der Waals surface area contributed by atoms with Crippen molar-refractivity contribution in [2.24, 2.45) is 11.8 Å². The summed E-state index contributed by atoms with van der Waals surface area (Å²) in [5.41, 5.74) is 1.56. The van der Waals surface area contributed by atoms with Crippen LogP contribution in [0.2, 0.25) is 0 Å². The molecule has 2 atom stereocenters. The Bertz CT molecular complexity index is 174. The van der Waals surface area contributed by atoms with Crippen molar-refractivity contribution in [1.82, 2.24) is 0 Å². The molecule has 0 fully saturated rings. The van der Waals surface area contributed by atoms with E-state index in [9.17, 15) is 0 Å². The van der Waals surface area contributed by atoms with Gasteiger partial charge in [0.05, 0.1) is 0 Å². The molecule has 0 amide bonds. The molecule has 0 aromatic rings. The summed E-state index contributed by atoms with van der Waals surface area (Å²) in [4.78, 5) is 0. The van der Waals surface area contributed by atoms with Gasteiger partial charge >= 0.3 is 0 Å². The van der Waals surface area contributed by atoms with Gasteiger partial charge in [0, 0.05) is 0 Å². The van der Waals surface area contributed by atoms with E-state index in [0.717, 1.165) is 11.8 Å². The highest BCUT2D eigenvalue weighted by Gasteiger charge is 2.21. The maximum absolute atomic E-state index is 2.41. The van der Waals surface area contributed by atoms with E-state index in [1.54, 1.807) is 5.57 Å². The lowest BCUT2D eigenvalue weighted by atomic mass is 9.77. The van der Waals surface area contributed by atoms with Gasteiger partial charge in [0.1, 0.15) is 0 Å². The van der Waals surface area contributed by atoms with E-state index in [4.69, 9.17) is 0 Å². The van der Waals surface area contributed by atoms with Gasteiger partial charge < -0.3 is 0 Å². The molecule has 3 aliphatic carbocycles. The minimum Gasteiger partial charge on any atom is -0.0806 e. The number of allylic oxidation sites excluding steroid dienone is 4. The highest BCUT2D eigenvalue weighted by molar-refractivity contribution is 5.29. The molecule has 1 unspecified atom stereocenters. The van der Waals surface area contributed by atoms with Crippen molar-refractivity contribution < 1.29 is 0 Å². The van der Waals surface area contributed by atoms with Crippen LogP contribution >= 0.6 is 0 Å². The van der Waals surface area contributed by atoms with Crippen LogP contribution in [-0.2, 0) is 0 Å². The van der Waals surface area contributed by atoms with Gasteiger partial charge in [0.15, 0.2) is 0 Å². The van der Waals surface area contributed by atoms with E-state index in [-0.39, 0.29) is 0 Å². The molecule has 0 heterocycles. The summed E-state index contributed by atoms with van der Waals surface area (Å²) >= 11 is 0. The van der Waals surface area contributed by atoms with Crippen LogP contribution in [0, 0.1) is 11.8 Å². The van der Waals surface area contributed by atoms with Gasteiger partial charge in [-0.3, -0.25) is 0 Å². The van der Waals surface area contributed by atoms with Crippen LogP contribution in [0.1, 0.15) is 19.8 Å². The lowest BCUT2D eigenvalue weighted by Gasteiger charge is -2.28. The molecule has 9 heavy (non-hydrogen) atoms. The molecule has 3 rings (SSSR count). The average molecular weight is 120 g/mol. The first-order chi connectivity index (χ1) is 4.36. The number of rotatable bonds is 0. The molecule has 0 radical (unpaired) electrons. The number of fused-ring (bicyclic) bond motifs is 2. The summed E-state index contributed by atoms with van der Waals surface area (Å²) in [5, 5.41) is 0. The zero-order valence-electron chi connectivity index (χ0n) is 5.80. The number of hydrogen-bond donors (Lipinski definition) is 0. The fraction of sp³-hybridized carbons (Fsp3) is 0.556. The second-order valence-corrected chi connectivity index (χ2v) is 3.16. The lowest BCUT2D eigenvalue weighted by molar-refractivity contribution is 0.439. The van der Waals surface area contributed by atoms with Crippen LogP contribution in [0.25, 0.3) is 0 Å². The predicted octanol–water partition coefficient (Wildman–Crippen LogP) is 2.53. The Morgan fingerprint density at radius 2 is 2.44 bits per heavy atom. The van der Waals surface area contributed by atoms with Crippen molar-refractivity contribution >= 4 is 0 Å². The second kappa shape index (κ2) is 1.73. The van der Waals surface area contributed by atoms with Crippen LogP contribution < -0.4 is 0 Å². The second-order valence-electron chi connectivity index (χ2n) is 3.16. The Balaban J connectivity index is 2.35. The Hall–Kier alpha value is -0.520. The van der Waals surface area contributed by atoms with Crippen molar-refractivity contribution in [3.05, 3.63) is 23.8 Å². The molecule has 0 aromatic heterocycles. The van der Waals surface area contributed by atoms with E-state index in [1.807, 2.05) is 0 Å². The minimum absolute atomic E-state index is 0.818. The largest absolute Gasteiger partial charge is 0.0806 e. The molecule has 0 heteroatoms. The van der Waals surface area contributed by atoms with Crippen LogP contribution in [0.15, 0.2) is 23.8 Å². The Morgan fingerprint density at radius 3 is 2.67 bits per heavy atom. The number of hydrogen-bond acceptors (Lipinski definition) is 0. The van der Waals surface area contributed by atoms with E-state index in [0.29, 0.717) is 0 Å². The van der Waals surface area contributed by atoms with E-state index in [1.165, 1.54) is 12.8 Å². The topological polar surface area (TPSA) is 0 Å². The summed E-state index contributed by atoms with van der Waals surface area (Å²) < 4.78 is 0. The van der Waals surface area contributed by atoms with Crippen molar-refractivity contribution in [3.63, 3.8) is 0 Å². The normalized spacial score (nSPS) is 39.0. The average Bonchev–Trinajstić information content (AvgIpc) is 1.90. The molecule has 0 aromatic carbocycles. The SMILES string of the molecule is C[C@H]1C=C2C=CC1CC2. The molecule has 48 valence electrons. The third kappa shape index (κ3) is 0.735. The molecule has 0 nitrogen and oxygen atoms in total. The Labute approximate surface area is 56.3 Å². The minimum atomic E-state index is 0.818. The third-order valence-corrected chi connectivity index (χ3v) is 2.48. The molecule has 0 aliphatic heterocycles. The Kier molecular flexibility index (Phi) is 1.01. The molecule has 3 aliphatic rings. The van der Waals surface area contributed by atoms with E-state index >= 15 is 0 Å². The summed E-state index contributed by atoms with van der Waals surface area (Å²) in [6, 6.07) is 0. The van der Waals surface area contributed by atoms with Crippen molar-refractivity contribution in [2.45, 2.75) is 19.8 Å². The van der Waals surface area contributed by atoms with Crippen LogP contribution in [0.4, 0.5) is 0 Å². The van der Waals surface area contributed by atoms with Crippen LogP contribution in [0.5, 0.6) is 0 Å². The van der Waals surface area contributed by atoms with Gasteiger partial charge in [-0.1, -0.05) is 30.7 Å². The fourth-order valence-corrected chi connectivity index (χ4v) is 1.80. The van der Waals surface area contributed by atoms with Crippen molar-refractivity contribution in [3.8, 4) is 0 Å². The van der Waals surface area contributed by atoms with Crippen LogP contribution in [-0.4, -0.2) is 0 Å². The molecule has 0 spiro atoms. The van der Waals surface area contributed by atoms with Gasteiger partial charge in [-0.15, -0.1) is 0 Å². The quantitative estimate of drug-likeness (QED) is 0.461. The summed E-state index contributed by atoms with van der Waals surface area (Å²) in [7, 11) is 0.